The van der Waals surface area contributed by atoms with Crippen LogP contribution in [-0.4, -0.2) is 43.3 Å². The van der Waals surface area contributed by atoms with E-state index in [4.69, 9.17) is 17.2 Å². The minimum atomic E-state index is -4.65. The van der Waals surface area contributed by atoms with Gasteiger partial charge < -0.3 is 27.1 Å². The van der Waals surface area contributed by atoms with Gasteiger partial charge in [0.25, 0.3) is 15.6 Å². The van der Waals surface area contributed by atoms with Gasteiger partial charge in [-0.25, -0.2) is 8.42 Å². The average molecular weight is 532 g/mol. The molecular weight excluding hydrogens is 507 g/mol. The van der Waals surface area contributed by atoms with E-state index < -0.39 is 62.3 Å². The van der Waals surface area contributed by atoms with Crippen LogP contribution in [0.15, 0.2) is 57.3 Å². The number of hydrogen-bond donors (Lipinski definition) is 5. The monoisotopic (exact) mass is 531 g/mol. The summed E-state index contributed by atoms with van der Waals surface area (Å²) in [7, 11) is -4.41. The Hall–Kier alpha value is -4.08. The molecule has 1 aromatic heterocycles. The molecule has 2 aromatic rings. The summed E-state index contributed by atoms with van der Waals surface area (Å²) in [5.74, 6) is -1.72. The minimum Gasteiger partial charge on any atom is -0.370 e. The van der Waals surface area contributed by atoms with Gasteiger partial charge in [-0.15, -0.1) is 0 Å². The summed E-state index contributed by atoms with van der Waals surface area (Å²) in [6.45, 7) is -0.380. The van der Waals surface area contributed by atoms with Gasteiger partial charge in [0, 0.05) is 12.7 Å². The first-order valence-corrected chi connectivity index (χ1v) is 11.7. The summed E-state index contributed by atoms with van der Waals surface area (Å²) in [6, 6.07) is 4.01. The molecule has 0 bridgehead atoms. The maximum absolute atomic E-state index is 12.7. The molecule has 16 heteroatoms. The third kappa shape index (κ3) is 8.00. The van der Waals surface area contributed by atoms with Gasteiger partial charge in [-0.1, -0.05) is 0 Å². The van der Waals surface area contributed by atoms with Crippen LogP contribution in [0.5, 0.6) is 0 Å². The van der Waals surface area contributed by atoms with E-state index in [1.165, 1.54) is 12.3 Å². The summed E-state index contributed by atoms with van der Waals surface area (Å²) >= 11 is 0. The molecule has 0 aliphatic carbocycles. The number of sulfonamides is 1. The molecule has 8 N–H and O–H groups in total. The molecule has 0 saturated carbocycles. The van der Waals surface area contributed by atoms with Crippen molar-refractivity contribution >= 4 is 33.5 Å². The summed E-state index contributed by atoms with van der Waals surface area (Å²) in [5, 5.41) is 2.38. The highest BCUT2D eigenvalue weighted by atomic mass is 32.2. The second-order valence-electron chi connectivity index (χ2n) is 7.45. The molecule has 196 valence electrons. The highest BCUT2D eigenvalue weighted by molar-refractivity contribution is 7.92. The number of halogens is 3. The van der Waals surface area contributed by atoms with Crippen LogP contribution in [0, 0.1) is 0 Å². The number of nitrogens with two attached hydrogens (primary N) is 3. The maximum atomic E-state index is 12.7. The van der Waals surface area contributed by atoms with Crippen LogP contribution in [0.4, 0.5) is 18.9 Å². The minimum absolute atomic E-state index is 0.125. The lowest BCUT2D eigenvalue weighted by molar-refractivity contribution is -0.137. The Morgan fingerprint density at radius 2 is 1.72 bits per heavy atom. The standard InChI is InChI=1S/C20H24F3N7O5S/c21-20(22,23)12-5-7-13(8-6-12)36(34,35)29-15-4-2-10-30(18(15)33)11-16(31)28-14(17(24)32)3-1-9-27-19(25)26/h2,4-8,10,14,29H,1,3,9,11H2,(H2,24,32)(H,28,31)(H4,25,26,27)/t14-/m0/s1. The van der Waals surface area contributed by atoms with E-state index in [1.54, 1.807) is 0 Å². The molecule has 0 aliphatic rings. The number of aliphatic imine (C=N–C) groups is 1. The molecule has 0 unspecified atom stereocenters. The molecule has 12 nitrogen and oxygen atoms in total. The highest BCUT2D eigenvalue weighted by Gasteiger charge is 2.30. The first-order chi connectivity index (χ1) is 16.7. The van der Waals surface area contributed by atoms with Crippen molar-refractivity contribution in [1.82, 2.24) is 9.88 Å². The number of aromatic nitrogens is 1. The number of guanidine groups is 1. The first-order valence-electron chi connectivity index (χ1n) is 10.2. The predicted octanol–water partition coefficient (Wildman–Crippen LogP) is -0.308. The van der Waals surface area contributed by atoms with Crippen molar-refractivity contribution in [1.29, 1.82) is 0 Å². The van der Waals surface area contributed by atoms with E-state index in [2.05, 4.69) is 10.3 Å². The molecule has 2 amide bonds. The third-order valence-corrected chi connectivity index (χ3v) is 6.08. The lowest BCUT2D eigenvalue weighted by Gasteiger charge is -2.16. The van der Waals surface area contributed by atoms with Crippen molar-refractivity contribution in [3.63, 3.8) is 0 Å². The molecule has 0 spiro atoms. The number of rotatable bonds is 11. The third-order valence-electron chi connectivity index (χ3n) is 4.69. The number of pyridine rings is 1. The number of alkyl halides is 3. The summed E-state index contributed by atoms with van der Waals surface area (Å²) < 4.78 is 66.1. The molecule has 1 heterocycles. The second kappa shape index (κ2) is 11.6. The Labute approximate surface area is 203 Å². The largest absolute Gasteiger partial charge is 0.416 e. The number of nitrogens with one attached hydrogen (secondary N) is 2. The fraction of sp³-hybridized carbons (Fsp3) is 0.300. The van der Waals surface area contributed by atoms with Gasteiger partial charge in [-0.05, 0) is 49.2 Å². The summed E-state index contributed by atoms with van der Waals surface area (Å²) in [5.41, 5.74) is 13.3. The van der Waals surface area contributed by atoms with Crippen LogP contribution in [0.3, 0.4) is 0 Å². The van der Waals surface area contributed by atoms with Gasteiger partial charge in [0.15, 0.2) is 5.96 Å². The van der Waals surface area contributed by atoms with E-state index in [0.717, 1.165) is 22.8 Å². The molecule has 0 radical (unpaired) electrons. The van der Waals surface area contributed by atoms with E-state index in [9.17, 15) is 36.0 Å². The quantitative estimate of drug-likeness (QED) is 0.148. The predicted molar refractivity (Wildman–Crippen MR) is 124 cm³/mol. The number of hydrogen-bond acceptors (Lipinski definition) is 6. The number of anilines is 1. The van der Waals surface area contributed by atoms with Crippen LogP contribution in [-0.2, 0) is 32.3 Å². The molecular formula is C20H24F3N7O5S. The van der Waals surface area contributed by atoms with E-state index >= 15 is 0 Å². The Balaban J connectivity index is 2.12. The van der Waals surface area contributed by atoms with Crippen molar-refractivity contribution in [3.8, 4) is 0 Å². The molecule has 2 rings (SSSR count). The van der Waals surface area contributed by atoms with Gasteiger partial charge in [-0.3, -0.25) is 24.1 Å². The van der Waals surface area contributed by atoms with Gasteiger partial charge in [0.2, 0.25) is 11.8 Å². The normalized spacial score (nSPS) is 12.4. The van der Waals surface area contributed by atoms with Crippen molar-refractivity contribution in [2.45, 2.75) is 36.5 Å². The summed E-state index contributed by atoms with van der Waals surface area (Å²) in [6.07, 6.45) is -2.99. The zero-order chi connectivity index (χ0) is 27.1. The number of carbonyl (C=O) groups is 2. The number of carbonyl (C=O) groups excluding carboxylic acids is 2. The van der Waals surface area contributed by atoms with Crippen LogP contribution in [0.2, 0.25) is 0 Å². The smallest absolute Gasteiger partial charge is 0.370 e. The first kappa shape index (κ1) is 28.2. The Kier molecular flexibility index (Phi) is 9.05. The Morgan fingerprint density at radius 1 is 1.08 bits per heavy atom. The van der Waals surface area contributed by atoms with E-state index in [1.807, 2.05) is 4.72 Å². The molecule has 0 saturated heterocycles. The topological polar surface area (TPSA) is 205 Å². The van der Waals surface area contributed by atoms with Crippen LogP contribution in [0.1, 0.15) is 18.4 Å². The average Bonchev–Trinajstić information content (AvgIpc) is 2.77. The zero-order valence-corrected chi connectivity index (χ0v) is 19.5. The Morgan fingerprint density at radius 3 is 2.28 bits per heavy atom. The van der Waals surface area contributed by atoms with Crippen molar-refractivity contribution < 1.29 is 31.2 Å². The lowest BCUT2D eigenvalue weighted by Crippen LogP contribution is -2.46. The van der Waals surface area contributed by atoms with Gasteiger partial charge in [0.05, 0.1) is 10.5 Å². The zero-order valence-electron chi connectivity index (χ0n) is 18.7. The van der Waals surface area contributed by atoms with Crippen LogP contribution in [0.25, 0.3) is 0 Å². The number of amides is 2. The van der Waals surface area contributed by atoms with Gasteiger partial charge in [-0.2, -0.15) is 13.2 Å². The summed E-state index contributed by atoms with van der Waals surface area (Å²) in [4.78, 5) is 39.9. The van der Waals surface area contributed by atoms with E-state index in [0.29, 0.717) is 18.6 Å². The second-order valence-corrected chi connectivity index (χ2v) is 9.14. The molecule has 1 aromatic carbocycles. The van der Waals surface area contributed by atoms with Crippen molar-refractivity contribution in [2.75, 3.05) is 11.3 Å². The Bertz CT molecular complexity index is 1290. The maximum Gasteiger partial charge on any atom is 0.416 e. The van der Waals surface area contributed by atoms with Crippen molar-refractivity contribution in [2.24, 2.45) is 22.2 Å². The molecule has 0 fully saturated rings. The highest BCUT2D eigenvalue weighted by Crippen LogP contribution is 2.29. The fourth-order valence-corrected chi connectivity index (χ4v) is 4.01. The number of benzene rings is 1. The van der Waals surface area contributed by atoms with Gasteiger partial charge in [0.1, 0.15) is 18.3 Å². The lowest BCUT2D eigenvalue weighted by atomic mass is 10.1. The molecule has 0 aliphatic heterocycles. The number of nitrogens with zero attached hydrogens (tertiary/aromatic N) is 2. The SMILES string of the molecule is NC(=O)[C@H](CCCN=C(N)N)NC(=O)Cn1cccc(NS(=O)(=O)c2ccc(C(F)(F)F)cc2)c1=O. The van der Waals surface area contributed by atoms with E-state index in [-0.39, 0.29) is 18.9 Å². The fourth-order valence-electron chi connectivity index (χ4n) is 2.95. The van der Waals surface area contributed by atoms with Crippen LogP contribution >= 0.6 is 0 Å². The molecule has 36 heavy (non-hydrogen) atoms. The van der Waals surface area contributed by atoms with Crippen LogP contribution < -0.4 is 32.8 Å². The molecule has 1 atom stereocenters. The number of primary amides is 1. The van der Waals surface area contributed by atoms with Gasteiger partial charge >= 0.3 is 6.18 Å². The van der Waals surface area contributed by atoms with Crippen molar-refractivity contribution in [3.05, 3.63) is 58.5 Å².